The Kier molecular flexibility index (Phi) is 10.9. The van der Waals surface area contributed by atoms with Gasteiger partial charge in [0.1, 0.15) is 0 Å². The SMILES string of the molecule is C=CC[C@@H](O)C[C@H](O)C[C@H](O)C[C@H](CC=C)O[Si](c1ccccc1)(c1ccccc1)C(C)(C)C. The van der Waals surface area contributed by atoms with Crippen molar-refractivity contribution in [3.8, 4) is 0 Å². The number of benzene rings is 2. The molecule has 3 N–H and O–H groups in total. The quantitative estimate of drug-likeness (QED) is 0.277. The van der Waals surface area contributed by atoms with Crippen LogP contribution in [0.15, 0.2) is 86.0 Å². The van der Waals surface area contributed by atoms with Crippen LogP contribution in [0, 0.1) is 0 Å². The summed E-state index contributed by atoms with van der Waals surface area (Å²) in [4.78, 5) is 0. The van der Waals surface area contributed by atoms with Crippen molar-refractivity contribution >= 4 is 18.7 Å². The summed E-state index contributed by atoms with van der Waals surface area (Å²) in [6.07, 6.45) is 2.80. The van der Waals surface area contributed by atoms with Crippen molar-refractivity contribution in [1.29, 1.82) is 0 Å². The third-order valence-electron chi connectivity index (χ3n) is 6.25. The van der Waals surface area contributed by atoms with Gasteiger partial charge in [0.25, 0.3) is 8.32 Å². The van der Waals surface area contributed by atoms with Crippen LogP contribution in [-0.4, -0.2) is 48.1 Å². The molecule has 0 aromatic heterocycles. The van der Waals surface area contributed by atoms with E-state index in [9.17, 15) is 15.3 Å². The number of aliphatic hydroxyl groups excluding tert-OH is 3. The highest BCUT2D eigenvalue weighted by Crippen LogP contribution is 2.38. The van der Waals surface area contributed by atoms with E-state index in [1.807, 2.05) is 18.2 Å². The highest BCUT2D eigenvalue weighted by atomic mass is 28.4. The normalized spacial score (nSPS) is 15.8. The van der Waals surface area contributed by atoms with Crippen molar-refractivity contribution in [3.63, 3.8) is 0 Å². The Labute approximate surface area is 206 Å². The summed E-state index contributed by atoms with van der Waals surface area (Å²) in [6.45, 7) is 14.2. The summed E-state index contributed by atoms with van der Waals surface area (Å²) in [6, 6.07) is 20.8. The van der Waals surface area contributed by atoms with Crippen LogP contribution in [0.2, 0.25) is 5.04 Å². The molecule has 0 spiro atoms. The molecule has 2 aromatic rings. The Hall–Kier alpha value is -2.02. The standard InChI is InChI=1S/C29H42O4Si/c1-6-14-23(30)20-24(31)21-25(32)22-26(15-7-2)33-34(29(3,4)5,27-16-10-8-11-17-27)28-18-12-9-13-19-28/h6-13,16-19,23-26,30-32H,1-2,14-15,20-22H2,3-5H3/t23-,24+,25+,26+/m1/s1. The second kappa shape index (κ2) is 13.2. The molecule has 2 rings (SSSR count). The summed E-state index contributed by atoms with van der Waals surface area (Å²) in [7, 11) is -2.77. The van der Waals surface area contributed by atoms with Crippen LogP contribution in [0.5, 0.6) is 0 Å². The van der Waals surface area contributed by atoms with Crippen molar-refractivity contribution in [2.24, 2.45) is 0 Å². The molecule has 0 heterocycles. The fourth-order valence-electron chi connectivity index (χ4n) is 4.73. The Morgan fingerprint density at radius 1 is 0.735 bits per heavy atom. The topological polar surface area (TPSA) is 69.9 Å². The van der Waals surface area contributed by atoms with E-state index < -0.39 is 26.6 Å². The zero-order valence-corrected chi connectivity index (χ0v) is 21.9. The molecule has 0 aliphatic heterocycles. The molecule has 0 aliphatic carbocycles. The lowest BCUT2D eigenvalue weighted by molar-refractivity contribution is 0.0225. The minimum atomic E-state index is -2.77. The molecule has 0 aliphatic rings. The Morgan fingerprint density at radius 3 is 1.62 bits per heavy atom. The fourth-order valence-corrected chi connectivity index (χ4v) is 9.44. The molecule has 0 amide bonds. The predicted octanol–water partition coefficient (Wildman–Crippen LogP) is 4.34. The third kappa shape index (κ3) is 7.49. The first-order valence-corrected chi connectivity index (χ1v) is 14.1. The van der Waals surface area contributed by atoms with Crippen LogP contribution in [0.1, 0.15) is 52.9 Å². The van der Waals surface area contributed by atoms with Crippen LogP contribution < -0.4 is 10.4 Å². The number of hydrogen-bond acceptors (Lipinski definition) is 4. The molecule has 34 heavy (non-hydrogen) atoms. The Bertz CT molecular complexity index is 823. The molecule has 0 radical (unpaired) electrons. The molecule has 4 nitrogen and oxygen atoms in total. The van der Waals surface area contributed by atoms with E-state index in [1.54, 1.807) is 6.08 Å². The van der Waals surface area contributed by atoms with E-state index in [2.05, 4.69) is 82.5 Å². The summed E-state index contributed by atoms with van der Waals surface area (Å²) in [5.74, 6) is 0. The van der Waals surface area contributed by atoms with Crippen molar-refractivity contribution < 1.29 is 19.7 Å². The van der Waals surface area contributed by atoms with Gasteiger partial charge in [0.15, 0.2) is 0 Å². The van der Waals surface area contributed by atoms with Crippen LogP contribution in [-0.2, 0) is 4.43 Å². The molecular formula is C29H42O4Si. The molecular weight excluding hydrogens is 440 g/mol. The van der Waals surface area contributed by atoms with Gasteiger partial charge in [-0.15, -0.1) is 13.2 Å². The van der Waals surface area contributed by atoms with Gasteiger partial charge >= 0.3 is 0 Å². The molecule has 0 unspecified atom stereocenters. The van der Waals surface area contributed by atoms with E-state index in [-0.39, 0.29) is 24.0 Å². The first-order chi connectivity index (χ1) is 16.1. The Morgan fingerprint density at radius 2 is 1.18 bits per heavy atom. The van der Waals surface area contributed by atoms with E-state index in [0.717, 1.165) is 0 Å². The minimum absolute atomic E-state index is 0.172. The van der Waals surface area contributed by atoms with Gasteiger partial charge in [0, 0.05) is 0 Å². The molecule has 4 atom stereocenters. The molecule has 5 heteroatoms. The minimum Gasteiger partial charge on any atom is -0.404 e. The maximum Gasteiger partial charge on any atom is 0.261 e. The summed E-state index contributed by atoms with van der Waals surface area (Å²) in [5, 5.41) is 33.4. The first-order valence-electron chi connectivity index (χ1n) is 12.2. The van der Waals surface area contributed by atoms with Crippen LogP contribution >= 0.6 is 0 Å². The molecule has 0 saturated carbocycles. The smallest absolute Gasteiger partial charge is 0.261 e. The second-order valence-electron chi connectivity index (χ2n) is 10.1. The summed E-state index contributed by atoms with van der Waals surface area (Å²) in [5.41, 5.74) is 0. The van der Waals surface area contributed by atoms with Crippen LogP contribution in [0.4, 0.5) is 0 Å². The molecule has 0 fully saturated rings. The van der Waals surface area contributed by atoms with E-state index in [1.165, 1.54) is 10.4 Å². The molecule has 2 aromatic carbocycles. The van der Waals surface area contributed by atoms with Gasteiger partial charge in [-0.2, -0.15) is 0 Å². The Balaban J connectivity index is 2.35. The van der Waals surface area contributed by atoms with E-state index in [4.69, 9.17) is 4.43 Å². The summed E-state index contributed by atoms with van der Waals surface area (Å²) >= 11 is 0. The van der Waals surface area contributed by atoms with Gasteiger partial charge < -0.3 is 19.7 Å². The van der Waals surface area contributed by atoms with Gasteiger partial charge in [-0.25, -0.2) is 0 Å². The average molecular weight is 483 g/mol. The lowest BCUT2D eigenvalue weighted by Crippen LogP contribution is -2.67. The van der Waals surface area contributed by atoms with Crippen molar-refractivity contribution in [2.75, 3.05) is 0 Å². The predicted molar refractivity (Wildman–Crippen MR) is 144 cm³/mol. The zero-order valence-electron chi connectivity index (χ0n) is 20.9. The summed E-state index contributed by atoms with van der Waals surface area (Å²) < 4.78 is 7.15. The fraction of sp³-hybridized carbons (Fsp3) is 0.448. The average Bonchev–Trinajstić information content (AvgIpc) is 2.77. The van der Waals surface area contributed by atoms with Crippen LogP contribution in [0.3, 0.4) is 0 Å². The number of aliphatic hydroxyl groups is 3. The van der Waals surface area contributed by atoms with Crippen molar-refractivity contribution in [3.05, 3.63) is 86.0 Å². The second-order valence-corrected chi connectivity index (χ2v) is 14.4. The van der Waals surface area contributed by atoms with Gasteiger partial charge in [-0.1, -0.05) is 93.6 Å². The number of rotatable bonds is 14. The molecule has 0 saturated heterocycles. The number of hydrogen-bond donors (Lipinski definition) is 3. The highest BCUT2D eigenvalue weighted by molar-refractivity contribution is 6.99. The largest absolute Gasteiger partial charge is 0.404 e. The van der Waals surface area contributed by atoms with Gasteiger partial charge in [-0.3, -0.25) is 0 Å². The lowest BCUT2D eigenvalue weighted by atomic mass is 9.99. The van der Waals surface area contributed by atoms with Crippen molar-refractivity contribution in [1.82, 2.24) is 0 Å². The molecule has 186 valence electrons. The van der Waals surface area contributed by atoms with Crippen molar-refractivity contribution in [2.45, 2.75) is 82.3 Å². The zero-order chi connectivity index (χ0) is 25.2. The van der Waals surface area contributed by atoms with E-state index >= 15 is 0 Å². The molecule has 0 bridgehead atoms. The first kappa shape index (κ1) is 28.2. The monoisotopic (exact) mass is 482 g/mol. The van der Waals surface area contributed by atoms with E-state index in [0.29, 0.717) is 19.3 Å². The maximum absolute atomic E-state index is 10.8. The third-order valence-corrected chi connectivity index (χ3v) is 11.3. The van der Waals surface area contributed by atoms with Gasteiger partial charge in [0.05, 0.1) is 24.4 Å². The van der Waals surface area contributed by atoms with Gasteiger partial charge in [-0.05, 0) is 47.5 Å². The van der Waals surface area contributed by atoms with Crippen LogP contribution in [0.25, 0.3) is 0 Å². The highest BCUT2D eigenvalue weighted by Gasteiger charge is 2.51. The lowest BCUT2D eigenvalue weighted by Gasteiger charge is -2.45. The maximum atomic E-state index is 10.8. The van der Waals surface area contributed by atoms with Gasteiger partial charge in [0.2, 0.25) is 0 Å².